The Labute approximate surface area is 120 Å². The average molecular weight is 289 g/mol. The molecule has 1 aromatic carbocycles. The fraction of sp³-hybridized carbons (Fsp3) is 0.231. The van der Waals surface area contributed by atoms with E-state index in [1.165, 1.54) is 0 Å². The van der Waals surface area contributed by atoms with E-state index in [2.05, 4.69) is 25.6 Å². The number of rotatable bonds is 4. The minimum atomic E-state index is -0.521. The molecule has 0 atom stereocenters. The molecule has 21 heavy (non-hydrogen) atoms. The molecule has 2 amide bonds. The number of carbonyl (C=O) groups is 2. The molecule has 0 saturated carbocycles. The first-order valence-corrected chi connectivity index (χ1v) is 6.27. The lowest BCUT2D eigenvalue weighted by Crippen LogP contribution is -2.18. The summed E-state index contributed by atoms with van der Waals surface area (Å²) in [5.41, 5.74) is 6.53. The molecule has 2 rings (SSSR count). The quantitative estimate of drug-likeness (QED) is 0.783. The van der Waals surface area contributed by atoms with Crippen molar-refractivity contribution in [1.82, 2.24) is 10.3 Å². The van der Waals surface area contributed by atoms with Gasteiger partial charge < -0.3 is 16.4 Å². The lowest BCUT2D eigenvalue weighted by molar-refractivity contribution is -0.118. The van der Waals surface area contributed by atoms with Crippen molar-refractivity contribution in [3.63, 3.8) is 0 Å². The normalized spacial score (nSPS) is 10.4. The van der Waals surface area contributed by atoms with Crippen LogP contribution in [0, 0.1) is 5.92 Å². The van der Waals surface area contributed by atoms with Crippen molar-refractivity contribution in [3.8, 4) is 0 Å². The number of carbonyl (C=O) groups excluding carboxylic acids is 2. The smallest absolute Gasteiger partial charge is 0.281 e. The summed E-state index contributed by atoms with van der Waals surface area (Å²) in [6.07, 6.45) is 0. The van der Waals surface area contributed by atoms with E-state index in [-0.39, 0.29) is 23.3 Å². The zero-order chi connectivity index (χ0) is 15.4. The number of nitrogens with one attached hydrogen (secondary N) is 2. The maximum atomic E-state index is 11.8. The Hall–Kier alpha value is -2.90. The molecule has 4 N–H and O–H groups in total. The molecule has 0 bridgehead atoms. The van der Waals surface area contributed by atoms with E-state index < -0.39 is 5.91 Å². The molecule has 8 nitrogen and oxygen atoms in total. The summed E-state index contributed by atoms with van der Waals surface area (Å²) in [6.45, 7) is 3.61. The topological polar surface area (TPSA) is 123 Å². The van der Waals surface area contributed by atoms with E-state index in [0.29, 0.717) is 11.4 Å². The van der Waals surface area contributed by atoms with E-state index in [1.807, 2.05) is 0 Å². The molecular formula is C13H15N5O3. The van der Waals surface area contributed by atoms with E-state index in [1.54, 1.807) is 38.1 Å². The Balaban J connectivity index is 2.01. The number of benzene rings is 1. The van der Waals surface area contributed by atoms with Gasteiger partial charge in [0, 0.05) is 17.3 Å². The van der Waals surface area contributed by atoms with Crippen LogP contribution in [0.15, 0.2) is 28.9 Å². The SMILES string of the molecule is CC(C)C(=O)Nc1ccc(NC(=O)c2nonc2N)cc1. The Morgan fingerprint density at radius 3 is 2.14 bits per heavy atom. The molecule has 1 heterocycles. The lowest BCUT2D eigenvalue weighted by Gasteiger charge is -2.08. The first-order valence-electron chi connectivity index (χ1n) is 6.27. The third-order valence-corrected chi connectivity index (χ3v) is 2.66. The predicted molar refractivity (Wildman–Crippen MR) is 76.6 cm³/mol. The summed E-state index contributed by atoms with van der Waals surface area (Å²) < 4.78 is 4.36. The summed E-state index contributed by atoms with van der Waals surface area (Å²) in [6, 6.07) is 6.66. The molecule has 2 aromatic rings. The molecule has 0 aliphatic rings. The van der Waals surface area contributed by atoms with Crippen molar-refractivity contribution in [2.45, 2.75) is 13.8 Å². The number of amides is 2. The van der Waals surface area contributed by atoms with Gasteiger partial charge in [0.15, 0.2) is 0 Å². The van der Waals surface area contributed by atoms with Crippen LogP contribution in [0.1, 0.15) is 24.3 Å². The van der Waals surface area contributed by atoms with Gasteiger partial charge in [-0.3, -0.25) is 9.59 Å². The fourth-order valence-corrected chi connectivity index (χ4v) is 1.47. The van der Waals surface area contributed by atoms with Crippen LogP contribution in [0.4, 0.5) is 17.2 Å². The van der Waals surface area contributed by atoms with Gasteiger partial charge in [-0.2, -0.15) is 0 Å². The summed E-state index contributed by atoms with van der Waals surface area (Å²) in [7, 11) is 0. The van der Waals surface area contributed by atoms with E-state index in [9.17, 15) is 9.59 Å². The highest BCUT2D eigenvalue weighted by atomic mass is 16.6. The Morgan fingerprint density at radius 2 is 1.67 bits per heavy atom. The van der Waals surface area contributed by atoms with Crippen LogP contribution in [0.2, 0.25) is 0 Å². The average Bonchev–Trinajstić information content (AvgIpc) is 2.87. The zero-order valence-electron chi connectivity index (χ0n) is 11.6. The Bertz CT molecular complexity index is 648. The number of aromatic nitrogens is 2. The number of nitrogens with zero attached hydrogens (tertiary/aromatic N) is 2. The van der Waals surface area contributed by atoms with Gasteiger partial charge >= 0.3 is 0 Å². The van der Waals surface area contributed by atoms with Crippen molar-refractivity contribution >= 4 is 29.0 Å². The lowest BCUT2D eigenvalue weighted by atomic mass is 10.2. The number of hydrogen-bond acceptors (Lipinski definition) is 6. The molecule has 110 valence electrons. The number of hydrogen-bond donors (Lipinski definition) is 3. The fourth-order valence-electron chi connectivity index (χ4n) is 1.47. The highest BCUT2D eigenvalue weighted by Crippen LogP contribution is 2.16. The van der Waals surface area contributed by atoms with Gasteiger partial charge in [0.1, 0.15) is 0 Å². The molecule has 0 saturated heterocycles. The highest BCUT2D eigenvalue weighted by Gasteiger charge is 2.16. The second-order valence-corrected chi connectivity index (χ2v) is 4.67. The van der Waals surface area contributed by atoms with Gasteiger partial charge in [0.05, 0.1) is 0 Å². The molecule has 0 unspecified atom stereocenters. The molecule has 0 spiro atoms. The second kappa shape index (κ2) is 6.04. The molecule has 0 radical (unpaired) electrons. The van der Waals surface area contributed by atoms with Gasteiger partial charge in [0.2, 0.25) is 17.4 Å². The van der Waals surface area contributed by atoms with E-state index in [4.69, 9.17) is 5.73 Å². The first kappa shape index (κ1) is 14.5. The summed E-state index contributed by atoms with van der Waals surface area (Å²) >= 11 is 0. The second-order valence-electron chi connectivity index (χ2n) is 4.67. The zero-order valence-corrected chi connectivity index (χ0v) is 11.6. The number of nitrogens with two attached hydrogens (primary N) is 1. The summed E-state index contributed by atoms with van der Waals surface area (Å²) in [4.78, 5) is 23.4. The molecule has 0 aliphatic heterocycles. The molecular weight excluding hydrogens is 274 g/mol. The Morgan fingerprint density at radius 1 is 1.10 bits per heavy atom. The van der Waals surface area contributed by atoms with Crippen molar-refractivity contribution < 1.29 is 14.2 Å². The van der Waals surface area contributed by atoms with Crippen molar-refractivity contribution in [2.24, 2.45) is 5.92 Å². The predicted octanol–water partition coefficient (Wildman–Crippen LogP) is 1.50. The van der Waals surface area contributed by atoms with Crippen LogP contribution in [0.5, 0.6) is 0 Å². The van der Waals surface area contributed by atoms with E-state index >= 15 is 0 Å². The third-order valence-electron chi connectivity index (χ3n) is 2.66. The van der Waals surface area contributed by atoms with Crippen LogP contribution in [0.3, 0.4) is 0 Å². The number of anilines is 3. The first-order chi connectivity index (χ1) is 9.97. The molecule has 1 aromatic heterocycles. The van der Waals surface area contributed by atoms with Crippen molar-refractivity contribution in [1.29, 1.82) is 0 Å². The molecule has 0 fully saturated rings. The number of nitrogen functional groups attached to an aromatic ring is 1. The van der Waals surface area contributed by atoms with Gasteiger partial charge in [-0.15, -0.1) is 0 Å². The van der Waals surface area contributed by atoms with Gasteiger partial charge in [0.25, 0.3) is 5.91 Å². The van der Waals surface area contributed by atoms with E-state index in [0.717, 1.165) is 0 Å². The third kappa shape index (κ3) is 3.56. The minimum Gasteiger partial charge on any atom is -0.379 e. The van der Waals surface area contributed by atoms with Crippen LogP contribution >= 0.6 is 0 Å². The highest BCUT2D eigenvalue weighted by molar-refractivity contribution is 6.05. The largest absolute Gasteiger partial charge is 0.379 e. The minimum absolute atomic E-state index is 0.0756. The summed E-state index contributed by atoms with van der Waals surface area (Å²) in [5, 5.41) is 12.1. The van der Waals surface area contributed by atoms with Crippen molar-refractivity contribution in [3.05, 3.63) is 30.0 Å². The molecule has 0 aliphatic carbocycles. The Kier molecular flexibility index (Phi) is 4.17. The standard InChI is InChI=1S/C13H15N5O3/c1-7(2)12(19)15-8-3-5-9(6-4-8)16-13(20)10-11(14)18-21-17-10/h3-7H,1-2H3,(H2,14,18)(H,15,19)(H,16,20). The monoisotopic (exact) mass is 289 g/mol. The van der Waals surface area contributed by atoms with Crippen LogP contribution in [-0.4, -0.2) is 22.1 Å². The van der Waals surface area contributed by atoms with Crippen molar-refractivity contribution in [2.75, 3.05) is 16.4 Å². The van der Waals surface area contributed by atoms with Crippen LogP contribution < -0.4 is 16.4 Å². The van der Waals surface area contributed by atoms with Gasteiger partial charge in [-0.05, 0) is 34.6 Å². The van der Waals surface area contributed by atoms with Gasteiger partial charge in [-0.25, -0.2) is 4.63 Å². The molecule has 8 heteroatoms. The summed E-state index contributed by atoms with van der Waals surface area (Å²) in [5.74, 6) is -0.777. The maximum Gasteiger partial charge on any atom is 0.281 e. The maximum absolute atomic E-state index is 11.8. The van der Waals surface area contributed by atoms with Crippen LogP contribution in [-0.2, 0) is 4.79 Å². The van der Waals surface area contributed by atoms with Gasteiger partial charge in [-0.1, -0.05) is 13.8 Å². The van der Waals surface area contributed by atoms with Crippen LogP contribution in [0.25, 0.3) is 0 Å².